The molecule has 600 valence electrons. The first-order chi connectivity index (χ1) is 49.0. The van der Waals surface area contributed by atoms with Crippen molar-refractivity contribution in [3.05, 3.63) is 0 Å². The van der Waals surface area contributed by atoms with Crippen LogP contribution in [0.15, 0.2) is 0 Å². The third kappa shape index (κ3) is 76.1. The van der Waals surface area contributed by atoms with Gasteiger partial charge in [-0.15, -0.1) is 0 Å². The monoisotopic (exact) mass is 1480 g/mol. The molecule has 2 unspecified atom stereocenters. The topological polar surface area (TPSA) is 237 Å². The molecule has 5 atom stereocenters. The normalized spacial score (nSPS) is 13.8. The van der Waals surface area contributed by atoms with E-state index in [9.17, 15) is 43.2 Å². The van der Waals surface area contributed by atoms with Crippen molar-refractivity contribution < 1.29 is 80.2 Å². The van der Waals surface area contributed by atoms with E-state index in [0.717, 1.165) is 96.3 Å². The molecule has 0 aliphatic rings. The first-order valence-corrected chi connectivity index (χ1v) is 45.6. The average molecular weight is 1480 g/mol. The number of carbonyl (C=O) groups excluding carboxylic acids is 4. The van der Waals surface area contributed by atoms with E-state index in [1.54, 1.807) is 0 Å². The first kappa shape index (κ1) is 99.1. The molecular weight excluding hydrogens is 1320 g/mol. The number of ether oxygens (including phenoxy) is 4. The Labute approximate surface area is 619 Å². The summed E-state index contributed by atoms with van der Waals surface area (Å²) in [4.78, 5) is 73.0. The molecule has 0 fully saturated rings. The second kappa shape index (κ2) is 74.9. The van der Waals surface area contributed by atoms with Crippen LogP contribution in [0.25, 0.3) is 0 Å². The molecular formula is C82H160O17P2. The van der Waals surface area contributed by atoms with Crippen molar-refractivity contribution in [2.24, 2.45) is 5.92 Å². The number of phosphoric acid groups is 2. The lowest BCUT2D eigenvalue weighted by Gasteiger charge is -2.21. The summed E-state index contributed by atoms with van der Waals surface area (Å²) < 4.78 is 68.7. The first-order valence-electron chi connectivity index (χ1n) is 42.6. The van der Waals surface area contributed by atoms with Crippen molar-refractivity contribution >= 4 is 39.5 Å². The van der Waals surface area contributed by atoms with Gasteiger partial charge in [0.05, 0.1) is 26.4 Å². The molecule has 101 heavy (non-hydrogen) atoms. The quantitative estimate of drug-likeness (QED) is 0.0222. The van der Waals surface area contributed by atoms with E-state index in [2.05, 4.69) is 34.6 Å². The van der Waals surface area contributed by atoms with Gasteiger partial charge in [-0.1, -0.05) is 388 Å². The van der Waals surface area contributed by atoms with E-state index in [0.29, 0.717) is 31.6 Å². The van der Waals surface area contributed by atoms with E-state index in [1.165, 1.54) is 257 Å². The molecule has 0 aliphatic carbocycles. The zero-order valence-electron chi connectivity index (χ0n) is 66.1. The molecule has 0 aromatic rings. The van der Waals surface area contributed by atoms with Gasteiger partial charge >= 0.3 is 39.5 Å². The molecule has 0 aliphatic heterocycles. The predicted octanol–water partition coefficient (Wildman–Crippen LogP) is 24.8. The summed E-state index contributed by atoms with van der Waals surface area (Å²) in [7, 11) is -9.92. The summed E-state index contributed by atoms with van der Waals surface area (Å²) in [6.45, 7) is 7.26. The van der Waals surface area contributed by atoms with Crippen molar-refractivity contribution in [2.45, 2.75) is 457 Å². The Bertz CT molecular complexity index is 1930. The van der Waals surface area contributed by atoms with Crippen molar-refractivity contribution in [2.75, 3.05) is 39.6 Å². The zero-order valence-corrected chi connectivity index (χ0v) is 67.8. The SMILES string of the molecule is CCCCCCCCCCCCCCCCCCCCCCC(=O)O[C@H](COC(=O)CCCCCCCCCCCCCCCCCCC)COP(=O)(O)OC[C@@H](O)COP(=O)(O)OC[C@@H](COC(=O)CCCCCCCCC(C)C)OC(=O)CCCCCCCCCCCCCCCCC. The lowest BCUT2D eigenvalue weighted by Crippen LogP contribution is -2.30. The Morgan fingerprint density at radius 3 is 0.673 bits per heavy atom. The summed E-state index contributed by atoms with van der Waals surface area (Å²) in [5, 5.41) is 10.6. The van der Waals surface area contributed by atoms with Gasteiger partial charge in [0.2, 0.25) is 0 Å². The van der Waals surface area contributed by atoms with Crippen LogP contribution in [0.5, 0.6) is 0 Å². The van der Waals surface area contributed by atoms with Crippen LogP contribution < -0.4 is 0 Å². The highest BCUT2D eigenvalue weighted by Crippen LogP contribution is 2.45. The van der Waals surface area contributed by atoms with Crippen LogP contribution in [0.4, 0.5) is 0 Å². The highest BCUT2D eigenvalue weighted by Gasteiger charge is 2.30. The molecule has 0 spiro atoms. The lowest BCUT2D eigenvalue weighted by molar-refractivity contribution is -0.161. The van der Waals surface area contributed by atoms with Crippen molar-refractivity contribution in [3.8, 4) is 0 Å². The van der Waals surface area contributed by atoms with Crippen LogP contribution in [0.2, 0.25) is 0 Å². The third-order valence-electron chi connectivity index (χ3n) is 19.3. The van der Waals surface area contributed by atoms with Crippen LogP contribution in [0.3, 0.4) is 0 Å². The molecule has 0 amide bonds. The summed E-state index contributed by atoms with van der Waals surface area (Å²) >= 11 is 0. The van der Waals surface area contributed by atoms with Gasteiger partial charge in [0.1, 0.15) is 19.3 Å². The largest absolute Gasteiger partial charge is 0.472 e. The van der Waals surface area contributed by atoms with E-state index >= 15 is 0 Å². The molecule has 19 heteroatoms. The Balaban J connectivity index is 5.21. The Morgan fingerprint density at radius 2 is 0.455 bits per heavy atom. The second-order valence-electron chi connectivity index (χ2n) is 30.0. The van der Waals surface area contributed by atoms with Crippen LogP contribution in [0, 0.1) is 5.92 Å². The lowest BCUT2D eigenvalue weighted by atomic mass is 10.0. The number of carbonyl (C=O) groups is 4. The summed E-state index contributed by atoms with van der Waals surface area (Å²) in [5.74, 6) is -1.43. The second-order valence-corrected chi connectivity index (χ2v) is 32.9. The average Bonchev–Trinajstić information content (AvgIpc) is 1.07. The fourth-order valence-electron chi connectivity index (χ4n) is 12.8. The number of phosphoric ester groups is 2. The third-order valence-corrected chi connectivity index (χ3v) is 21.2. The number of aliphatic hydroxyl groups is 1. The van der Waals surface area contributed by atoms with Gasteiger partial charge in [0.25, 0.3) is 0 Å². The minimum Gasteiger partial charge on any atom is -0.462 e. The van der Waals surface area contributed by atoms with Gasteiger partial charge in [-0.05, 0) is 31.6 Å². The van der Waals surface area contributed by atoms with E-state index in [1.807, 2.05) is 0 Å². The number of rotatable bonds is 82. The number of unbranched alkanes of at least 4 members (excludes halogenated alkanes) is 54. The number of esters is 4. The summed E-state index contributed by atoms with van der Waals surface area (Å²) in [5.41, 5.74) is 0. The summed E-state index contributed by atoms with van der Waals surface area (Å²) in [6, 6.07) is 0. The molecule has 0 heterocycles. The molecule has 0 aromatic heterocycles. The van der Waals surface area contributed by atoms with Gasteiger partial charge in [0.15, 0.2) is 12.2 Å². The van der Waals surface area contributed by atoms with Gasteiger partial charge in [-0.3, -0.25) is 37.3 Å². The fraction of sp³-hybridized carbons (Fsp3) is 0.951. The van der Waals surface area contributed by atoms with Gasteiger partial charge in [-0.25, -0.2) is 9.13 Å². The molecule has 0 saturated carbocycles. The van der Waals surface area contributed by atoms with Crippen LogP contribution in [-0.4, -0.2) is 96.7 Å². The van der Waals surface area contributed by atoms with Gasteiger partial charge < -0.3 is 33.8 Å². The minimum absolute atomic E-state index is 0.108. The van der Waals surface area contributed by atoms with Crippen molar-refractivity contribution in [1.29, 1.82) is 0 Å². The van der Waals surface area contributed by atoms with E-state index in [-0.39, 0.29) is 25.7 Å². The van der Waals surface area contributed by atoms with Crippen molar-refractivity contribution in [3.63, 3.8) is 0 Å². The Morgan fingerprint density at radius 1 is 0.267 bits per heavy atom. The molecule has 3 N–H and O–H groups in total. The maximum atomic E-state index is 13.1. The predicted molar refractivity (Wildman–Crippen MR) is 414 cm³/mol. The fourth-order valence-corrected chi connectivity index (χ4v) is 14.3. The Hall–Kier alpha value is -1.94. The highest BCUT2D eigenvalue weighted by molar-refractivity contribution is 7.47. The molecule has 0 aromatic carbocycles. The smallest absolute Gasteiger partial charge is 0.462 e. The standard InChI is InChI=1S/C82H160O17P2/c1-6-9-12-15-18-21-24-27-30-32-33-34-36-39-42-45-48-51-58-63-67-81(86)98-77(71-92-79(84)65-60-55-49-46-43-40-38-35-31-28-25-22-19-16-13-10-7-2)73-96-100(88,89)94-69-76(83)70-95-101(90,91)97-74-78(72-93-80(85)66-61-56-53-52-54-59-64-75(4)5)99-82(87)68-62-57-50-47-44-41-37-29-26-23-20-17-14-11-8-3/h75-78,83H,6-74H2,1-5H3,(H,88,89)(H,90,91)/t76-,77-,78-/m1/s1. The number of aliphatic hydroxyl groups excluding tert-OH is 1. The van der Waals surface area contributed by atoms with E-state index < -0.39 is 97.5 Å². The van der Waals surface area contributed by atoms with Gasteiger partial charge in [0, 0.05) is 25.7 Å². The maximum absolute atomic E-state index is 13.1. The summed E-state index contributed by atoms with van der Waals surface area (Å²) in [6.07, 6.45) is 66.8. The molecule has 17 nitrogen and oxygen atoms in total. The van der Waals surface area contributed by atoms with Crippen LogP contribution in [0.1, 0.15) is 439 Å². The van der Waals surface area contributed by atoms with Crippen molar-refractivity contribution in [1.82, 2.24) is 0 Å². The molecule has 0 rings (SSSR count). The maximum Gasteiger partial charge on any atom is 0.472 e. The molecule has 0 bridgehead atoms. The van der Waals surface area contributed by atoms with Crippen LogP contribution in [-0.2, 0) is 65.4 Å². The zero-order chi connectivity index (χ0) is 74.1. The van der Waals surface area contributed by atoms with Crippen LogP contribution >= 0.6 is 15.6 Å². The van der Waals surface area contributed by atoms with Gasteiger partial charge in [-0.2, -0.15) is 0 Å². The number of hydrogen-bond acceptors (Lipinski definition) is 15. The highest BCUT2D eigenvalue weighted by atomic mass is 31.2. The molecule has 0 saturated heterocycles. The van der Waals surface area contributed by atoms with E-state index in [4.69, 9.17) is 37.0 Å². The Kier molecular flexibility index (Phi) is 73.5. The number of hydrogen-bond donors (Lipinski definition) is 3. The minimum atomic E-state index is -4.96. The molecule has 0 radical (unpaired) electrons.